The first-order valence-electron chi connectivity index (χ1n) is 8.40. The molecule has 4 rings (SSSR count). The van der Waals surface area contributed by atoms with Crippen LogP contribution in [0.5, 0.6) is 0 Å². The van der Waals surface area contributed by atoms with Crippen molar-refractivity contribution in [1.82, 2.24) is 19.9 Å². The second-order valence-corrected chi connectivity index (χ2v) is 6.48. The molecule has 6 heteroatoms. The molecule has 2 aromatic heterocycles. The molecular formula is C17H21N5O. The summed E-state index contributed by atoms with van der Waals surface area (Å²) >= 11 is 0. The molecule has 0 N–H and O–H groups in total. The van der Waals surface area contributed by atoms with Gasteiger partial charge in [0.2, 0.25) is 5.91 Å². The number of nitrogens with zero attached hydrogens (tertiary/aromatic N) is 5. The predicted molar refractivity (Wildman–Crippen MR) is 88.1 cm³/mol. The zero-order chi connectivity index (χ0) is 15.6. The summed E-state index contributed by atoms with van der Waals surface area (Å²) in [5.74, 6) is 1.73. The average molecular weight is 311 g/mol. The highest BCUT2D eigenvalue weighted by Gasteiger charge is 2.27. The minimum atomic E-state index is 0.212. The molecule has 2 aromatic rings. The number of aromatic nitrogens is 3. The highest BCUT2D eigenvalue weighted by atomic mass is 16.2. The van der Waals surface area contributed by atoms with E-state index in [0.29, 0.717) is 18.1 Å². The highest BCUT2D eigenvalue weighted by molar-refractivity contribution is 5.83. The predicted octanol–water partition coefficient (Wildman–Crippen LogP) is 1.86. The Morgan fingerprint density at radius 1 is 1.09 bits per heavy atom. The largest absolute Gasteiger partial charge is 0.345 e. The summed E-state index contributed by atoms with van der Waals surface area (Å²) in [5.41, 5.74) is 1.41. The first-order valence-corrected chi connectivity index (χ1v) is 8.40. The molecule has 1 aliphatic carbocycles. The Bertz CT molecular complexity index is 713. The summed E-state index contributed by atoms with van der Waals surface area (Å²) in [4.78, 5) is 29.6. The van der Waals surface area contributed by atoms with Gasteiger partial charge in [0.1, 0.15) is 11.3 Å². The fourth-order valence-corrected chi connectivity index (χ4v) is 3.62. The van der Waals surface area contributed by atoms with Gasteiger partial charge in [-0.25, -0.2) is 9.97 Å². The van der Waals surface area contributed by atoms with Gasteiger partial charge in [-0.15, -0.1) is 0 Å². The maximum Gasteiger partial charge on any atom is 0.242 e. The topological polar surface area (TPSA) is 62.2 Å². The highest BCUT2D eigenvalue weighted by Crippen LogP contribution is 2.26. The van der Waals surface area contributed by atoms with Gasteiger partial charge >= 0.3 is 0 Å². The number of piperazine rings is 1. The van der Waals surface area contributed by atoms with E-state index < -0.39 is 0 Å². The number of hydrogen-bond acceptors (Lipinski definition) is 5. The lowest BCUT2D eigenvalue weighted by atomic mass is 10.1. The van der Waals surface area contributed by atoms with E-state index >= 15 is 0 Å². The molecule has 0 unspecified atom stereocenters. The molecule has 2 fully saturated rings. The summed E-state index contributed by atoms with van der Waals surface area (Å²) < 4.78 is 0. The lowest BCUT2D eigenvalue weighted by Crippen LogP contribution is -2.51. The number of anilines is 1. The quantitative estimate of drug-likeness (QED) is 0.866. The zero-order valence-electron chi connectivity index (χ0n) is 13.2. The third kappa shape index (κ3) is 2.98. The average Bonchev–Trinajstić information content (AvgIpc) is 3.09. The minimum Gasteiger partial charge on any atom is -0.345 e. The Morgan fingerprint density at radius 2 is 1.91 bits per heavy atom. The van der Waals surface area contributed by atoms with Crippen LogP contribution in [0.15, 0.2) is 24.5 Å². The summed E-state index contributed by atoms with van der Waals surface area (Å²) in [6.07, 6.45) is 8.50. The molecule has 0 atom stereocenters. The van der Waals surface area contributed by atoms with Crippen LogP contribution in [0.3, 0.4) is 0 Å². The van der Waals surface area contributed by atoms with E-state index in [-0.39, 0.29) is 5.91 Å². The molecule has 1 saturated heterocycles. The fraction of sp³-hybridized carbons (Fsp3) is 0.529. The van der Waals surface area contributed by atoms with Crippen molar-refractivity contribution >= 4 is 22.9 Å². The van der Waals surface area contributed by atoms with E-state index in [1.165, 1.54) is 25.7 Å². The third-order valence-electron chi connectivity index (χ3n) is 4.91. The number of carbonyl (C=O) groups is 1. The number of hydrogen-bond donors (Lipinski definition) is 0. The monoisotopic (exact) mass is 311 g/mol. The van der Waals surface area contributed by atoms with E-state index in [0.717, 1.165) is 31.0 Å². The minimum absolute atomic E-state index is 0.212. The van der Waals surface area contributed by atoms with Crippen molar-refractivity contribution in [2.45, 2.75) is 25.7 Å². The van der Waals surface area contributed by atoms with E-state index in [1.807, 2.05) is 21.9 Å². The van der Waals surface area contributed by atoms with Crippen LogP contribution < -0.4 is 4.90 Å². The van der Waals surface area contributed by atoms with Gasteiger partial charge in [0.25, 0.3) is 0 Å². The molecule has 0 aromatic carbocycles. The molecule has 0 bridgehead atoms. The van der Waals surface area contributed by atoms with Crippen molar-refractivity contribution in [2.75, 3.05) is 31.1 Å². The van der Waals surface area contributed by atoms with Gasteiger partial charge in [-0.3, -0.25) is 9.78 Å². The Labute approximate surface area is 135 Å². The molecule has 0 radical (unpaired) electrons. The smallest absolute Gasteiger partial charge is 0.242 e. The second-order valence-electron chi connectivity index (χ2n) is 6.48. The van der Waals surface area contributed by atoms with Crippen LogP contribution in [0.4, 0.5) is 5.82 Å². The normalized spacial score (nSPS) is 19.7. The van der Waals surface area contributed by atoms with Crippen molar-refractivity contribution < 1.29 is 4.79 Å². The molecule has 23 heavy (non-hydrogen) atoms. The molecule has 1 amide bonds. The van der Waals surface area contributed by atoms with Crippen LogP contribution >= 0.6 is 0 Å². The van der Waals surface area contributed by atoms with Crippen LogP contribution in [0.2, 0.25) is 0 Å². The van der Waals surface area contributed by atoms with E-state index in [2.05, 4.69) is 15.0 Å². The van der Waals surface area contributed by atoms with Gasteiger partial charge in [0.05, 0.1) is 6.54 Å². The number of carbonyl (C=O) groups excluding carboxylic acids is 1. The Balaban J connectivity index is 1.45. The van der Waals surface area contributed by atoms with Crippen molar-refractivity contribution in [3.63, 3.8) is 0 Å². The van der Waals surface area contributed by atoms with E-state index in [1.54, 1.807) is 12.4 Å². The second kappa shape index (κ2) is 6.10. The molecule has 2 aliphatic rings. The standard InChI is InChI=1S/C17H21N5O/c23-16-12-21(9-10-22(16)11-13-3-1-2-4-13)15-6-5-14-17(20-15)19-8-7-18-14/h5-8,13H,1-4,9-12H2. The van der Waals surface area contributed by atoms with Gasteiger partial charge in [-0.05, 0) is 30.9 Å². The third-order valence-corrected chi connectivity index (χ3v) is 4.91. The molecule has 1 saturated carbocycles. The molecule has 6 nitrogen and oxygen atoms in total. The maximum absolute atomic E-state index is 12.5. The van der Waals surface area contributed by atoms with Crippen LogP contribution in [0, 0.1) is 5.92 Å². The molecule has 120 valence electrons. The summed E-state index contributed by atoms with van der Waals surface area (Å²) in [6.45, 7) is 2.96. The van der Waals surface area contributed by atoms with Gasteiger partial charge in [-0.1, -0.05) is 12.8 Å². The van der Waals surface area contributed by atoms with Crippen molar-refractivity contribution in [3.8, 4) is 0 Å². The van der Waals surface area contributed by atoms with Crippen LogP contribution in [0.25, 0.3) is 11.2 Å². The molecule has 3 heterocycles. The fourth-order valence-electron chi connectivity index (χ4n) is 3.62. The van der Waals surface area contributed by atoms with E-state index in [9.17, 15) is 4.79 Å². The van der Waals surface area contributed by atoms with Crippen LogP contribution in [-0.2, 0) is 4.79 Å². The lowest BCUT2D eigenvalue weighted by molar-refractivity contribution is -0.131. The summed E-state index contributed by atoms with van der Waals surface area (Å²) in [7, 11) is 0. The van der Waals surface area contributed by atoms with Gasteiger partial charge in [0.15, 0.2) is 5.65 Å². The SMILES string of the molecule is O=C1CN(c2ccc3nccnc3n2)CCN1CC1CCCC1. The number of rotatable bonds is 3. The van der Waals surface area contributed by atoms with Crippen molar-refractivity contribution in [1.29, 1.82) is 0 Å². The zero-order valence-corrected chi connectivity index (χ0v) is 13.2. The maximum atomic E-state index is 12.5. The number of pyridine rings is 1. The number of fused-ring (bicyclic) bond motifs is 1. The van der Waals surface area contributed by atoms with Crippen molar-refractivity contribution in [3.05, 3.63) is 24.5 Å². The number of amides is 1. The van der Waals surface area contributed by atoms with Crippen LogP contribution in [0.1, 0.15) is 25.7 Å². The first-order chi connectivity index (χ1) is 11.3. The van der Waals surface area contributed by atoms with Crippen molar-refractivity contribution in [2.24, 2.45) is 5.92 Å². The Morgan fingerprint density at radius 3 is 2.74 bits per heavy atom. The van der Waals surface area contributed by atoms with Gasteiger partial charge in [0, 0.05) is 32.0 Å². The van der Waals surface area contributed by atoms with E-state index in [4.69, 9.17) is 0 Å². The molecular weight excluding hydrogens is 290 g/mol. The molecule has 0 spiro atoms. The Kier molecular flexibility index (Phi) is 3.81. The summed E-state index contributed by atoms with van der Waals surface area (Å²) in [5, 5.41) is 0. The van der Waals surface area contributed by atoms with Gasteiger partial charge < -0.3 is 9.80 Å². The van der Waals surface area contributed by atoms with Gasteiger partial charge in [-0.2, -0.15) is 0 Å². The lowest BCUT2D eigenvalue weighted by Gasteiger charge is -2.36. The Hall–Kier alpha value is -2.24. The first kappa shape index (κ1) is 14.4. The molecule has 1 aliphatic heterocycles. The van der Waals surface area contributed by atoms with Crippen LogP contribution in [-0.4, -0.2) is 51.9 Å². The summed E-state index contributed by atoms with van der Waals surface area (Å²) in [6, 6.07) is 3.84.